The Labute approximate surface area is 62.4 Å². The second-order valence-electron chi connectivity index (χ2n) is 4.02. The van der Waals surface area contributed by atoms with Crippen molar-refractivity contribution in [2.24, 2.45) is 11.1 Å². The van der Waals surface area contributed by atoms with Crippen molar-refractivity contribution in [1.82, 2.24) is 4.90 Å². The average Bonchev–Trinajstić information content (AvgIpc) is 2.04. The fourth-order valence-electron chi connectivity index (χ4n) is 2.41. The van der Waals surface area contributed by atoms with E-state index in [2.05, 4.69) is 11.9 Å². The van der Waals surface area contributed by atoms with Gasteiger partial charge in [0, 0.05) is 19.1 Å². The van der Waals surface area contributed by atoms with Gasteiger partial charge < -0.3 is 10.6 Å². The highest BCUT2D eigenvalue weighted by Gasteiger charge is 2.47. The minimum absolute atomic E-state index is 0.464. The summed E-state index contributed by atoms with van der Waals surface area (Å²) in [6, 6.07) is 0.464. The summed E-state index contributed by atoms with van der Waals surface area (Å²) in [6.45, 7) is 2.36. The van der Waals surface area contributed by atoms with Gasteiger partial charge in [-0.15, -0.1) is 0 Å². The van der Waals surface area contributed by atoms with Crippen LogP contribution in [0, 0.1) is 5.41 Å². The molecule has 58 valence electrons. The molecule has 0 bridgehead atoms. The Hall–Kier alpha value is -0.0800. The molecule has 1 unspecified atom stereocenters. The molecule has 2 fully saturated rings. The van der Waals surface area contributed by atoms with Crippen molar-refractivity contribution < 1.29 is 0 Å². The molecule has 10 heavy (non-hydrogen) atoms. The van der Waals surface area contributed by atoms with E-state index >= 15 is 0 Å². The fourth-order valence-corrected chi connectivity index (χ4v) is 2.41. The van der Waals surface area contributed by atoms with Crippen LogP contribution in [0.1, 0.15) is 19.3 Å². The Kier molecular flexibility index (Phi) is 1.29. The minimum atomic E-state index is 0.464. The number of hydrogen-bond acceptors (Lipinski definition) is 2. The van der Waals surface area contributed by atoms with E-state index in [9.17, 15) is 0 Å². The third-order valence-corrected chi connectivity index (χ3v) is 3.23. The van der Waals surface area contributed by atoms with Crippen molar-refractivity contribution >= 4 is 0 Å². The van der Waals surface area contributed by atoms with Gasteiger partial charge in [-0.2, -0.15) is 0 Å². The van der Waals surface area contributed by atoms with Gasteiger partial charge in [0.05, 0.1) is 0 Å². The smallest absolute Gasteiger partial charge is 0.0237 e. The zero-order chi connectivity index (χ0) is 7.19. The maximum atomic E-state index is 6.02. The lowest BCUT2D eigenvalue weighted by molar-refractivity contribution is 0.127. The van der Waals surface area contributed by atoms with Gasteiger partial charge in [-0.1, -0.05) is 6.42 Å². The summed E-state index contributed by atoms with van der Waals surface area (Å²) in [7, 11) is 2.17. The molecule has 0 radical (unpaired) electrons. The highest BCUT2D eigenvalue weighted by Crippen LogP contribution is 2.46. The second kappa shape index (κ2) is 1.95. The maximum absolute atomic E-state index is 6.02. The van der Waals surface area contributed by atoms with Crippen molar-refractivity contribution in [2.75, 3.05) is 20.1 Å². The van der Waals surface area contributed by atoms with Gasteiger partial charge in [0.15, 0.2) is 0 Å². The van der Waals surface area contributed by atoms with Gasteiger partial charge in [-0.05, 0) is 25.3 Å². The Morgan fingerprint density at radius 2 is 2.20 bits per heavy atom. The summed E-state index contributed by atoms with van der Waals surface area (Å²) in [5, 5.41) is 0. The molecular weight excluding hydrogens is 124 g/mol. The van der Waals surface area contributed by atoms with Crippen LogP contribution in [-0.4, -0.2) is 31.1 Å². The average molecular weight is 140 g/mol. The summed E-state index contributed by atoms with van der Waals surface area (Å²) in [5.41, 5.74) is 6.57. The monoisotopic (exact) mass is 140 g/mol. The molecule has 2 N–H and O–H groups in total. The zero-order valence-corrected chi connectivity index (χ0v) is 6.64. The molecule has 2 nitrogen and oxygen atoms in total. The molecule has 0 amide bonds. The SMILES string of the molecule is CN1CC(N)C2(CCC2)C1. The standard InChI is InChI=1S/C8H16N2/c1-10-5-7(9)8(6-10)3-2-4-8/h7H,2-6,9H2,1H3. The van der Waals surface area contributed by atoms with Crippen LogP contribution < -0.4 is 5.73 Å². The first-order valence-corrected chi connectivity index (χ1v) is 4.17. The van der Waals surface area contributed by atoms with Crippen molar-refractivity contribution in [1.29, 1.82) is 0 Å². The van der Waals surface area contributed by atoms with Crippen LogP contribution >= 0.6 is 0 Å². The topological polar surface area (TPSA) is 29.3 Å². The molecule has 1 saturated heterocycles. The van der Waals surface area contributed by atoms with Crippen LogP contribution in [0.2, 0.25) is 0 Å². The van der Waals surface area contributed by atoms with Crippen LogP contribution in [0.5, 0.6) is 0 Å². The molecule has 0 aromatic heterocycles. The Morgan fingerprint density at radius 3 is 2.40 bits per heavy atom. The highest BCUT2D eigenvalue weighted by atomic mass is 15.2. The van der Waals surface area contributed by atoms with Crippen molar-refractivity contribution in [3.05, 3.63) is 0 Å². The molecule has 2 rings (SSSR count). The number of rotatable bonds is 0. The fraction of sp³-hybridized carbons (Fsp3) is 1.00. The first-order valence-electron chi connectivity index (χ1n) is 4.17. The molecule has 2 heteroatoms. The first kappa shape index (κ1) is 6.62. The number of hydrogen-bond donors (Lipinski definition) is 1. The largest absolute Gasteiger partial charge is 0.326 e. The van der Waals surface area contributed by atoms with E-state index in [0.29, 0.717) is 11.5 Å². The Bertz CT molecular complexity index is 140. The normalized spacial score (nSPS) is 38.4. The van der Waals surface area contributed by atoms with E-state index in [0.717, 1.165) is 6.54 Å². The van der Waals surface area contributed by atoms with Gasteiger partial charge in [-0.3, -0.25) is 0 Å². The summed E-state index contributed by atoms with van der Waals surface area (Å²) in [5.74, 6) is 0. The molecule has 1 heterocycles. The van der Waals surface area contributed by atoms with E-state index < -0.39 is 0 Å². The highest BCUT2D eigenvalue weighted by molar-refractivity contribution is 5.03. The molecule has 0 aromatic rings. The van der Waals surface area contributed by atoms with Crippen LogP contribution in [0.15, 0.2) is 0 Å². The Morgan fingerprint density at radius 1 is 1.50 bits per heavy atom. The molecule has 1 spiro atoms. The molecule has 1 atom stereocenters. The lowest BCUT2D eigenvalue weighted by Gasteiger charge is -2.41. The van der Waals surface area contributed by atoms with Gasteiger partial charge in [0.1, 0.15) is 0 Å². The van der Waals surface area contributed by atoms with Crippen molar-refractivity contribution in [2.45, 2.75) is 25.3 Å². The summed E-state index contributed by atoms with van der Waals surface area (Å²) < 4.78 is 0. The number of nitrogens with zero attached hydrogens (tertiary/aromatic N) is 1. The van der Waals surface area contributed by atoms with E-state index in [-0.39, 0.29) is 0 Å². The van der Waals surface area contributed by atoms with Crippen LogP contribution in [0.3, 0.4) is 0 Å². The molecule has 1 aliphatic heterocycles. The van der Waals surface area contributed by atoms with E-state index in [1.54, 1.807) is 0 Å². The van der Waals surface area contributed by atoms with Crippen molar-refractivity contribution in [3.63, 3.8) is 0 Å². The summed E-state index contributed by atoms with van der Waals surface area (Å²) >= 11 is 0. The molecule has 1 aliphatic carbocycles. The van der Waals surface area contributed by atoms with Crippen LogP contribution in [-0.2, 0) is 0 Å². The van der Waals surface area contributed by atoms with Crippen molar-refractivity contribution in [3.8, 4) is 0 Å². The minimum Gasteiger partial charge on any atom is -0.326 e. The number of likely N-dealkylation sites (N-methyl/N-ethyl adjacent to an activating group) is 1. The zero-order valence-electron chi connectivity index (χ0n) is 6.64. The van der Waals surface area contributed by atoms with Gasteiger partial charge in [-0.25, -0.2) is 0 Å². The van der Waals surface area contributed by atoms with Gasteiger partial charge >= 0.3 is 0 Å². The predicted octanol–water partition coefficient (Wildman–Crippen LogP) is 0.429. The summed E-state index contributed by atoms with van der Waals surface area (Å²) in [4.78, 5) is 2.36. The number of likely N-dealkylation sites (tertiary alicyclic amines) is 1. The summed E-state index contributed by atoms with van der Waals surface area (Å²) in [6.07, 6.45) is 4.15. The van der Waals surface area contributed by atoms with E-state index in [1.807, 2.05) is 0 Å². The maximum Gasteiger partial charge on any atom is 0.0237 e. The Balaban J connectivity index is 2.08. The van der Waals surface area contributed by atoms with Gasteiger partial charge in [0.25, 0.3) is 0 Å². The molecular formula is C8H16N2. The molecule has 2 aliphatic rings. The lowest BCUT2D eigenvalue weighted by atomic mass is 9.66. The quantitative estimate of drug-likeness (QED) is 0.528. The number of nitrogens with two attached hydrogens (primary N) is 1. The molecule has 1 saturated carbocycles. The van der Waals surface area contributed by atoms with Crippen LogP contribution in [0.25, 0.3) is 0 Å². The second-order valence-corrected chi connectivity index (χ2v) is 4.02. The van der Waals surface area contributed by atoms with E-state index in [4.69, 9.17) is 5.73 Å². The van der Waals surface area contributed by atoms with Crippen LogP contribution in [0.4, 0.5) is 0 Å². The third-order valence-electron chi connectivity index (χ3n) is 3.23. The first-order chi connectivity index (χ1) is 4.73. The molecule has 0 aromatic carbocycles. The predicted molar refractivity (Wildman–Crippen MR) is 41.8 cm³/mol. The van der Waals surface area contributed by atoms with E-state index in [1.165, 1.54) is 25.8 Å². The third kappa shape index (κ3) is 0.722. The lowest BCUT2D eigenvalue weighted by Crippen LogP contribution is -2.45. The van der Waals surface area contributed by atoms with Gasteiger partial charge in [0.2, 0.25) is 0 Å².